The third-order valence-corrected chi connectivity index (χ3v) is 7.37. The summed E-state index contributed by atoms with van der Waals surface area (Å²) in [4.78, 5) is 21.6. The molecule has 7 nitrogen and oxygen atoms in total. The summed E-state index contributed by atoms with van der Waals surface area (Å²) in [6, 6.07) is 2.63. The second-order valence-electron chi connectivity index (χ2n) is 11.1. The fourth-order valence-electron chi connectivity index (χ4n) is 5.17. The number of pyridine rings is 1. The summed E-state index contributed by atoms with van der Waals surface area (Å²) in [5, 5.41) is 0.761. The number of rotatable bonds is 6. The first kappa shape index (κ1) is 25.3. The lowest BCUT2D eigenvalue weighted by Crippen LogP contribution is -2.54. The van der Waals surface area contributed by atoms with Crippen molar-refractivity contribution in [2.24, 2.45) is 5.92 Å². The predicted molar refractivity (Wildman–Crippen MR) is 135 cm³/mol. The zero-order chi connectivity index (χ0) is 24.6. The van der Waals surface area contributed by atoms with E-state index in [9.17, 15) is 4.79 Å². The van der Waals surface area contributed by atoms with Crippen molar-refractivity contribution in [3.63, 3.8) is 0 Å². The molecule has 0 aromatic carbocycles. The van der Waals surface area contributed by atoms with Crippen LogP contribution in [-0.2, 0) is 9.47 Å². The zero-order valence-corrected chi connectivity index (χ0v) is 22.1. The van der Waals surface area contributed by atoms with E-state index in [1.807, 2.05) is 38.8 Å². The molecule has 1 amide bonds. The molecular formula is C26H39ClN4O3. The van der Waals surface area contributed by atoms with Crippen molar-refractivity contribution in [1.29, 1.82) is 0 Å². The van der Waals surface area contributed by atoms with Gasteiger partial charge in [0.25, 0.3) is 0 Å². The molecule has 0 N–H and O–H groups in total. The smallest absolute Gasteiger partial charge is 0.410 e. The van der Waals surface area contributed by atoms with Crippen LogP contribution in [0.1, 0.15) is 64.8 Å². The van der Waals surface area contributed by atoms with Gasteiger partial charge in [0.05, 0.1) is 36.0 Å². The van der Waals surface area contributed by atoms with E-state index in [-0.39, 0.29) is 12.1 Å². The van der Waals surface area contributed by atoms with Crippen LogP contribution in [0.4, 0.5) is 4.79 Å². The van der Waals surface area contributed by atoms with E-state index in [2.05, 4.69) is 40.4 Å². The van der Waals surface area contributed by atoms with E-state index < -0.39 is 5.60 Å². The molecule has 0 spiro atoms. The number of halogens is 1. The third kappa shape index (κ3) is 5.52. The summed E-state index contributed by atoms with van der Waals surface area (Å²) < 4.78 is 13.5. The molecule has 2 atom stereocenters. The standard InChI is InChI=1S/C26H39ClN4O3/c1-17(2)23(8-7-21-16-33-10-9-30(21)25(32)34-26(4,5)6)29-13-20(14-29)19-11-22(27)24-12-28-18(3)31(24)15-19/h11-12,15,17,20-21,23H,7-10,13-14,16H2,1-6H3/t21-,23?/m1/s1. The number of hydrogen-bond donors (Lipinski definition) is 0. The number of aromatic nitrogens is 2. The largest absolute Gasteiger partial charge is 0.444 e. The molecule has 2 aromatic heterocycles. The maximum atomic E-state index is 12.7. The number of fused-ring (bicyclic) bond motifs is 1. The summed E-state index contributed by atoms with van der Waals surface area (Å²) in [6.07, 6.45) is 5.73. The minimum absolute atomic E-state index is 0.0624. The highest BCUT2D eigenvalue weighted by molar-refractivity contribution is 6.33. The molecule has 188 valence electrons. The monoisotopic (exact) mass is 490 g/mol. The number of hydrogen-bond acceptors (Lipinski definition) is 5. The van der Waals surface area contributed by atoms with Crippen LogP contribution in [-0.4, -0.2) is 75.8 Å². The normalized spacial score (nSPS) is 21.2. The summed E-state index contributed by atoms with van der Waals surface area (Å²) in [7, 11) is 0. The number of carbonyl (C=O) groups is 1. The first-order valence-corrected chi connectivity index (χ1v) is 12.9. The average Bonchev–Trinajstić information content (AvgIpc) is 3.09. The van der Waals surface area contributed by atoms with Crippen LogP contribution >= 0.6 is 11.6 Å². The molecule has 4 rings (SSSR count). The highest BCUT2D eigenvalue weighted by Gasteiger charge is 2.37. The molecule has 4 heterocycles. The number of ether oxygens (including phenoxy) is 2. The lowest BCUT2D eigenvalue weighted by molar-refractivity contribution is -0.0377. The van der Waals surface area contributed by atoms with Gasteiger partial charge in [-0.1, -0.05) is 25.4 Å². The van der Waals surface area contributed by atoms with Crippen molar-refractivity contribution in [3.05, 3.63) is 34.9 Å². The fraction of sp³-hybridized carbons (Fsp3) is 0.692. The molecular weight excluding hydrogens is 452 g/mol. The SMILES string of the molecule is Cc1ncc2c(Cl)cc(C3CN(C(CC[C@@H]4COCCN4C(=O)OC(C)(C)C)C(C)C)C3)cn12. The van der Waals surface area contributed by atoms with Crippen LogP contribution < -0.4 is 0 Å². The second-order valence-corrected chi connectivity index (χ2v) is 11.5. The second kappa shape index (κ2) is 10.0. The lowest BCUT2D eigenvalue weighted by Gasteiger charge is -2.47. The lowest BCUT2D eigenvalue weighted by atomic mass is 9.86. The Kier molecular flexibility index (Phi) is 7.46. The van der Waals surface area contributed by atoms with Crippen molar-refractivity contribution in [1.82, 2.24) is 19.2 Å². The summed E-state index contributed by atoms with van der Waals surface area (Å²) in [6.45, 7) is 16.1. The highest BCUT2D eigenvalue weighted by atomic mass is 35.5. The van der Waals surface area contributed by atoms with Crippen molar-refractivity contribution in [2.75, 3.05) is 32.8 Å². The van der Waals surface area contributed by atoms with E-state index in [4.69, 9.17) is 21.1 Å². The van der Waals surface area contributed by atoms with Crippen LogP contribution in [0.2, 0.25) is 5.02 Å². The van der Waals surface area contributed by atoms with Gasteiger partial charge in [-0.2, -0.15) is 0 Å². The van der Waals surface area contributed by atoms with Gasteiger partial charge in [-0.15, -0.1) is 0 Å². The molecule has 2 aliphatic rings. The first-order valence-electron chi connectivity index (χ1n) is 12.5. The number of likely N-dealkylation sites (tertiary alicyclic amines) is 1. The number of carbonyl (C=O) groups excluding carboxylic acids is 1. The molecule has 34 heavy (non-hydrogen) atoms. The van der Waals surface area contributed by atoms with Gasteiger partial charge in [-0.25, -0.2) is 9.78 Å². The van der Waals surface area contributed by atoms with Gasteiger partial charge in [0.2, 0.25) is 0 Å². The molecule has 2 fully saturated rings. The zero-order valence-electron chi connectivity index (χ0n) is 21.4. The Morgan fingerprint density at radius 3 is 2.74 bits per heavy atom. The predicted octanol–water partition coefficient (Wildman–Crippen LogP) is 5.14. The molecule has 8 heteroatoms. The van der Waals surface area contributed by atoms with Crippen LogP contribution in [0.25, 0.3) is 5.52 Å². The summed E-state index contributed by atoms with van der Waals surface area (Å²) >= 11 is 6.54. The maximum absolute atomic E-state index is 12.7. The molecule has 2 aromatic rings. The van der Waals surface area contributed by atoms with E-state index >= 15 is 0 Å². The Morgan fingerprint density at radius 2 is 2.06 bits per heavy atom. The molecule has 0 saturated carbocycles. The van der Waals surface area contributed by atoms with Crippen LogP contribution in [0.5, 0.6) is 0 Å². The minimum Gasteiger partial charge on any atom is -0.444 e. The van der Waals surface area contributed by atoms with Crippen molar-refractivity contribution in [3.8, 4) is 0 Å². The number of morpholine rings is 1. The third-order valence-electron chi connectivity index (χ3n) is 7.07. The number of aryl methyl sites for hydroxylation is 1. The molecule has 0 aliphatic carbocycles. The molecule has 1 unspecified atom stereocenters. The Hall–Kier alpha value is -1.83. The van der Waals surface area contributed by atoms with Crippen LogP contribution in [0, 0.1) is 12.8 Å². The number of nitrogens with zero attached hydrogens (tertiary/aromatic N) is 4. The summed E-state index contributed by atoms with van der Waals surface area (Å²) in [5.41, 5.74) is 1.74. The van der Waals surface area contributed by atoms with Gasteiger partial charge in [-0.3, -0.25) is 4.90 Å². The van der Waals surface area contributed by atoms with E-state index in [0.717, 1.165) is 42.3 Å². The highest BCUT2D eigenvalue weighted by Crippen LogP contribution is 2.35. The van der Waals surface area contributed by atoms with Crippen LogP contribution in [0.15, 0.2) is 18.5 Å². The average molecular weight is 491 g/mol. The van der Waals surface area contributed by atoms with E-state index in [1.54, 1.807) is 0 Å². The van der Waals surface area contributed by atoms with Crippen molar-refractivity contribution >= 4 is 23.2 Å². The Labute approximate surface area is 208 Å². The van der Waals surface area contributed by atoms with E-state index in [1.165, 1.54) is 5.56 Å². The number of imidazole rings is 1. The molecule has 0 bridgehead atoms. The van der Waals surface area contributed by atoms with Crippen molar-refractivity contribution < 1.29 is 14.3 Å². The quantitative estimate of drug-likeness (QED) is 0.561. The molecule has 2 saturated heterocycles. The molecule has 0 radical (unpaired) electrons. The minimum atomic E-state index is -0.492. The Balaban J connectivity index is 1.37. The van der Waals surface area contributed by atoms with Gasteiger partial charge in [0.15, 0.2) is 0 Å². The van der Waals surface area contributed by atoms with Crippen LogP contribution in [0.3, 0.4) is 0 Å². The summed E-state index contributed by atoms with van der Waals surface area (Å²) in [5.74, 6) is 1.96. The van der Waals surface area contributed by atoms with Gasteiger partial charge in [-0.05, 0) is 58.1 Å². The van der Waals surface area contributed by atoms with Crippen molar-refractivity contribution in [2.45, 2.75) is 78.0 Å². The van der Waals surface area contributed by atoms with E-state index in [0.29, 0.717) is 37.6 Å². The topological polar surface area (TPSA) is 59.3 Å². The fourth-order valence-corrected chi connectivity index (χ4v) is 5.44. The van der Waals surface area contributed by atoms with Gasteiger partial charge < -0.3 is 18.8 Å². The first-order chi connectivity index (χ1) is 16.0. The van der Waals surface area contributed by atoms with Gasteiger partial charge >= 0.3 is 6.09 Å². The molecule has 2 aliphatic heterocycles. The Bertz CT molecular complexity index is 1010. The Morgan fingerprint density at radius 1 is 1.32 bits per heavy atom. The van der Waals surface area contributed by atoms with Gasteiger partial charge in [0, 0.05) is 37.8 Å². The maximum Gasteiger partial charge on any atom is 0.410 e. The van der Waals surface area contributed by atoms with Gasteiger partial charge in [0.1, 0.15) is 11.4 Å². The number of amides is 1.